The first-order valence-corrected chi connectivity index (χ1v) is 20.6. The van der Waals surface area contributed by atoms with Gasteiger partial charge in [-0.1, -0.05) is 54.6 Å². The van der Waals surface area contributed by atoms with Crippen molar-refractivity contribution in [2.75, 3.05) is 43.2 Å². The summed E-state index contributed by atoms with van der Waals surface area (Å²) >= 11 is 0. The van der Waals surface area contributed by atoms with Gasteiger partial charge in [0.05, 0.1) is 50.2 Å². The van der Waals surface area contributed by atoms with Gasteiger partial charge in [0, 0.05) is 48.5 Å². The van der Waals surface area contributed by atoms with E-state index in [2.05, 4.69) is 15.6 Å². The minimum atomic E-state index is -2.88. The number of rotatable bonds is 11. The van der Waals surface area contributed by atoms with Crippen LogP contribution in [0.3, 0.4) is 0 Å². The first kappa shape index (κ1) is 35.0. The maximum atomic E-state index is 14.9. The molecule has 5 atom stereocenters. The van der Waals surface area contributed by atoms with Gasteiger partial charge in [-0.2, -0.15) is 0 Å². The lowest BCUT2D eigenvalue weighted by Gasteiger charge is -2.32. The number of nitrogens with one attached hydrogen (secondary N) is 1. The van der Waals surface area contributed by atoms with E-state index in [1.54, 1.807) is 21.6 Å². The van der Waals surface area contributed by atoms with Crippen molar-refractivity contribution in [3.05, 3.63) is 101 Å². The molecule has 1 aromatic heterocycles. The van der Waals surface area contributed by atoms with Gasteiger partial charge in [-0.15, -0.1) is 5.10 Å². The van der Waals surface area contributed by atoms with Crippen LogP contribution in [0.4, 0.5) is 11.4 Å². The smallest absolute Gasteiger partial charge is 0.264 e. The Kier molecular flexibility index (Phi) is 9.59. The van der Waals surface area contributed by atoms with Crippen molar-refractivity contribution in [3.8, 4) is 5.75 Å². The fourth-order valence-corrected chi connectivity index (χ4v) is 11.0. The molecule has 3 aromatic carbocycles. The van der Waals surface area contributed by atoms with Gasteiger partial charge in [0.1, 0.15) is 5.75 Å². The number of benzene rings is 3. The van der Waals surface area contributed by atoms with Crippen LogP contribution in [0.25, 0.3) is 0 Å². The molecule has 1 spiro atoms. The monoisotopic (exact) mass is 710 g/mol. The largest absolute Gasteiger partial charge is 0.497 e. The molecule has 2 amide bonds. The van der Waals surface area contributed by atoms with Gasteiger partial charge in [0.25, 0.3) is 5.91 Å². The number of piperazine rings is 1. The summed E-state index contributed by atoms with van der Waals surface area (Å²) in [5.74, 6) is -0.136. The van der Waals surface area contributed by atoms with Gasteiger partial charge in [-0.05, 0) is 61.0 Å². The number of aliphatic hydroxyl groups excluding tert-OH is 1. The van der Waals surface area contributed by atoms with Crippen molar-refractivity contribution in [2.45, 2.75) is 62.7 Å². The molecule has 0 radical (unpaired) electrons. The number of carbonyl (C=O) groups excluding carboxylic acids is 2. The van der Waals surface area contributed by atoms with E-state index in [0.717, 1.165) is 34.6 Å². The van der Waals surface area contributed by atoms with Crippen LogP contribution in [0.15, 0.2) is 79.0 Å². The van der Waals surface area contributed by atoms with Gasteiger partial charge < -0.3 is 34.5 Å². The van der Waals surface area contributed by atoms with Crippen molar-refractivity contribution < 1.29 is 29.0 Å². The highest BCUT2D eigenvalue weighted by Crippen LogP contribution is 2.60. The Labute approximate surface area is 299 Å². The third-order valence-electron chi connectivity index (χ3n) is 10.8. The standard InChI is InChI=1S/C38H46N6O6Si/c1-25-36(51(3,4)48)34(16-18-42-23-32(40-41-42)30(24-45)27-8-6-5-7-9-27)50-38(25)31-20-29(49-2)14-15-33(31)44(37(38)47)22-26-10-12-28(13-11-26)43-19-17-39-21-35(43)46/h5-15,20,23,25,30,34,36,39,45,48H,16-19,21-22,24H2,1-4H3/t25-,30?,34+,36-,38+/m0/s1. The second kappa shape index (κ2) is 14.0. The van der Waals surface area contributed by atoms with E-state index in [1.807, 2.05) is 99.0 Å². The van der Waals surface area contributed by atoms with E-state index < -0.39 is 20.0 Å². The van der Waals surface area contributed by atoms with E-state index in [1.165, 1.54) is 0 Å². The molecule has 12 nitrogen and oxygen atoms in total. The lowest BCUT2D eigenvalue weighted by Crippen LogP contribution is -2.48. The molecular formula is C38H46N6O6Si. The highest BCUT2D eigenvalue weighted by molar-refractivity contribution is 6.71. The number of hydrogen-bond donors (Lipinski definition) is 3. The minimum absolute atomic E-state index is 0.0335. The number of anilines is 2. The van der Waals surface area contributed by atoms with Crippen LogP contribution < -0.4 is 19.9 Å². The molecule has 2 saturated heterocycles. The number of amides is 2. The van der Waals surface area contributed by atoms with Gasteiger partial charge in [-0.3, -0.25) is 14.3 Å². The van der Waals surface area contributed by atoms with E-state index in [-0.39, 0.29) is 35.8 Å². The van der Waals surface area contributed by atoms with Gasteiger partial charge in [0.15, 0.2) is 13.9 Å². The number of hydrogen-bond acceptors (Lipinski definition) is 9. The second-order valence-corrected chi connectivity index (χ2v) is 18.3. The number of aromatic nitrogens is 3. The average Bonchev–Trinajstić information content (AvgIpc) is 3.78. The molecule has 51 heavy (non-hydrogen) atoms. The summed E-state index contributed by atoms with van der Waals surface area (Å²) < 4.78 is 14.4. The maximum Gasteiger partial charge on any atom is 0.264 e. The predicted molar refractivity (Wildman–Crippen MR) is 195 cm³/mol. The number of nitrogens with zero attached hydrogens (tertiary/aromatic N) is 5. The van der Waals surface area contributed by atoms with Crippen LogP contribution in [0.1, 0.15) is 41.6 Å². The molecule has 1 unspecified atom stereocenters. The van der Waals surface area contributed by atoms with Crippen molar-refractivity contribution in [1.29, 1.82) is 0 Å². The van der Waals surface area contributed by atoms with E-state index in [9.17, 15) is 19.5 Å². The number of ether oxygens (including phenoxy) is 2. The number of fused-ring (bicyclic) bond motifs is 2. The average molecular weight is 711 g/mol. The fourth-order valence-electron chi connectivity index (χ4n) is 8.35. The number of methoxy groups -OCH3 is 1. The zero-order valence-electron chi connectivity index (χ0n) is 29.5. The predicted octanol–water partition coefficient (Wildman–Crippen LogP) is 3.78. The van der Waals surface area contributed by atoms with E-state index >= 15 is 0 Å². The molecule has 7 rings (SSSR count). The third-order valence-corrected chi connectivity index (χ3v) is 13.3. The SMILES string of the molecule is COc1ccc2c(c1)[C@@]1(O[C@H](CCn3cc(C(CO)c4ccccc4)nn3)[C@@H]([Si](C)(C)O)[C@@H]1C)C(=O)N2Cc1ccc(N2CCNCC2=O)cc1. The number of aliphatic hydroxyl groups is 1. The fraction of sp³-hybridized carbons (Fsp3) is 0.421. The molecule has 0 aliphatic carbocycles. The molecule has 2 fully saturated rings. The Hall–Kier alpha value is -4.40. The molecule has 13 heteroatoms. The molecule has 4 heterocycles. The number of carbonyl (C=O) groups is 2. The third kappa shape index (κ3) is 6.37. The molecule has 3 aliphatic rings. The van der Waals surface area contributed by atoms with Gasteiger partial charge >= 0.3 is 0 Å². The zero-order chi connectivity index (χ0) is 35.9. The maximum absolute atomic E-state index is 14.9. The quantitative estimate of drug-likeness (QED) is 0.198. The Morgan fingerprint density at radius 3 is 2.55 bits per heavy atom. The summed E-state index contributed by atoms with van der Waals surface area (Å²) in [6, 6.07) is 23.2. The van der Waals surface area contributed by atoms with Crippen molar-refractivity contribution in [2.24, 2.45) is 5.92 Å². The first-order chi connectivity index (χ1) is 24.5. The topological polar surface area (TPSA) is 142 Å². The van der Waals surface area contributed by atoms with Crippen LogP contribution in [0.2, 0.25) is 18.6 Å². The van der Waals surface area contributed by atoms with Crippen molar-refractivity contribution in [1.82, 2.24) is 20.3 Å². The second-order valence-electron chi connectivity index (χ2n) is 14.4. The number of aryl methyl sites for hydroxylation is 1. The molecule has 0 bridgehead atoms. The molecule has 4 aromatic rings. The lowest BCUT2D eigenvalue weighted by molar-refractivity contribution is -0.146. The Morgan fingerprint density at radius 1 is 1.10 bits per heavy atom. The van der Waals surface area contributed by atoms with Crippen LogP contribution in [-0.4, -0.2) is 84.5 Å². The minimum Gasteiger partial charge on any atom is -0.497 e. The van der Waals surface area contributed by atoms with Crippen LogP contribution in [-0.2, 0) is 33.0 Å². The van der Waals surface area contributed by atoms with Crippen molar-refractivity contribution >= 4 is 31.5 Å². The van der Waals surface area contributed by atoms with E-state index in [0.29, 0.717) is 44.0 Å². The summed E-state index contributed by atoms with van der Waals surface area (Å²) in [6.07, 6.45) is 1.93. The van der Waals surface area contributed by atoms with Gasteiger partial charge in [0.2, 0.25) is 5.91 Å². The van der Waals surface area contributed by atoms with E-state index in [4.69, 9.17) is 9.47 Å². The van der Waals surface area contributed by atoms with Crippen molar-refractivity contribution in [3.63, 3.8) is 0 Å². The summed E-state index contributed by atoms with van der Waals surface area (Å²) in [4.78, 5) is 42.6. The normalized spacial score (nSPS) is 24.0. The summed E-state index contributed by atoms with van der Waals surface area (Å²) in [5.41, 5.74) is 3.30. The molecule has 3 N–H and O–H groups in total. The summed E-state index contributed by atoms with van der Waals surface area (Å²) in [6.45, 7) is 8.20. The Balaban J connectivity index is 1.16. The van der Waals surface area contributed by atoms with Crippen LogP contribution in [0.5, 0.6) is 5.75 Å². The highest BCUT2D eigenvalue weighted by atomic mass is 28.4. The van der Waals surface area contributed by atoms with Gasteiger partial charge in [-0.25, -0.2) is 0 Å². The molecule has 3 aliphatic heterocycles. The Morgan fingerprint density at radius 2 is 1.86 bits per heavy atom. The Bertz CT molecular complexity index is 1880. The first-order valence-electron chi connectivity index (χ1n) is 17.6. The van der Waals surface area contributed by atoms with Crippen LogP contribution >= 0.6 is 0 Å². The highest BCUT2D eigenvalue weighted by Gasteiger charge is 2.66. The molecular weight excluding hydrogens is 665 g/mol. The summed E-state index contributed by atoms with van der Waals surface area (Å²) in [5, 5.41) is 22.0. The summed E-state index contributed by atoms with van der Waals surface area (Å²) in [7, 11) is -1.28. The lowest BCUT2D eigenvalue weighted by atomic mass is 9.82. The zero-order valence-corrected chi connectivity index (χ0v) is 30.5. The molecule has 0 saturated carbocycles. The molecule has 268 valence electrons. The van der Waals surface area contributed by atoms with Crippen LogP contribution in [0, 0.1) is 5.92 Å².